The number of nitrogens with zero attached hydrogens (tertiary/aromatic N) is 7. The average molecular weight is 349 g/mol. The Kier molecular flexibility index (Phi) is 4.08. The Balaban J connectivity index is 1.64. The fourth-order valence-electron chi connectivity index (χ4n) is 3.10. The van der Waals surface area contributed by atoms with Crippen molar-refractivity contribution in [2.75, 3.05) is 25.5 Å². The van der Waals surface area contributed by atoms with Gasteiger partial charge in [0.2, 0.25) is 5.82 Å². The van der Waals surface area contributed by atoms with E-state index in [0.29, 0.717) is 25.5 Å². The topological polar surface area (TPSA) is 80.0 Å². The first kappa shape index (κ1) is 16.2. The molecule has 1 aliphatic rings. The first-order valence-corrected chi connectivity index (χ1v) is 8.39. The minimum absolute atomic E-state index is 0.0929. The van der Waals surface area contributed by atoms with Crippen molar-refractivity contribution in [3.05, 3.63) is 54.5 Å². The smallest absolute Gasteiger partial charge is 0.291 e. The van der Waals surface area contributed by atoms with E-state index in [0.717, 1.165) is 22.8 Å². The van der Waals surface area contributed by atoms with Crippen LogP contribution in [0, 0.1) is 0 Å². The van der Waals surface area contributed by atoms with Crippen LogP contribution in [0.5, 0.6) is 0 Å². The van der Waals surface area contributed by atoms with Crippen molar-refractivity contribution in [3.63, 3.8) is 0 Å². The summed E-state index contributed by atoms with van der Waals surface area (Å²) in [5, 5.41) is 8.31. The van der Waals surface area contributed by atoms with Crippen molar-refractivity contribution >= 4 is 11.7 Å². The molecule has 26 heavy (non-hydrogen) atoms. The first-order chi connectivity index (χ1) is 12.6. The lowest BCUT2D eigenvalue weighted by molar-refractivity contribution is 0.0740. The number of fused-ring (bicyclic) bond motifs is 1. The number of rotatable bonds is 4. The molecule has 0 saturated heterocycles. The molecule has 3 heterocycles. The maximum Gasteiger partial charge on any atom is 0.291 e. The summed E-state index contributed by atoms with van der Waals surface area (Å²) in [7, 11) is 3.73. The number of carbonyl (C=O) groups is 1. The van der Waals surface area contributed by atoms with E-state index < -0.39 is 0 Å². The minimum atomic E-state index is -0.0929. The Bertz CT molecular complexity index is 938. The van der Waals surface area contributed by atoms with Gasteiger partial charge in [0.25, 0.3) is 5.91 Å². The molecule has 0 fully saturated rings. The van der Waals surface area contributed by atoms with Gasteiger partial charge < -0.3 is 14.4 Å². The summed E-state index contributed by atoms with van der Waals surface area (Å²) in [5.41, 5.74) is 2.00. The molecule has 0 unspecified atom stereocenters. The second kappa shape index (κ2) is 6.55. The highest BCUT2D eigenvalue weighted by Gasteiger charge is 2.27. The van der Waals surface area contributed by atoms with E-state index in [1.807, 2.05) is 53.0 Å². The molecule has 0 aliphatic carbocycles. The van der Waals surface area contributed by atoms with Crippen LogP contribution in [-0.4, -0.2) is 56.2 Å². The summed E-state index contributed by atoms with van der Waals surface area (Å²) in [6, 6.07) is 10.0. The maximum atomic E-state index is 12.2. The summed E-state index contributed by atoms with van der Waals surface area (Å²) in [4.78, 5) is 24.5. The lowest BCUT2D eigenvalue weighted by Crippen LogP contribution is -2.38. The Morgan fingerprint density at radius 3 is 2.77 bits per heavy atom. The second-order valence-electron chi connectivity index (χ2n) is 6.30. The van der Waals surface area contributed by atoms with Crippen molar-refractivity contribution < 1.29 is 4.79 Å². The van der Waals surface area contributed by atoms with Crippen LogP contribution in [0.4, 0.5) is 5.82 Å². The number of carbonyl (C=O) groups excluding carboxylic acids is 1. The maximum absolute atomic E-state index is 12.2. The van der Waals surface area contributed by atoms with Gasteiger partial charge in [-0.2, -0.15) is 0 Å². The van der Waals surface area contributed by atoms with Crippen LogP contribution < -0.4 is 4.90 Å². The fourth-order valence-corrected chi connectivity index (χ4v) is 3.10. The predicted octanol–water partition coefficient (Wildman–Crippen LogP) is 1.46. The van der Waals surface area contributed by atoms with Crippen LogP contribution in [0.15, 0.2) is 42.9 Å². The molecule has 8 heteroatoms. The zero-order valence-corrected chi connectivity index (χ0v) is 14.7. The molecule has 0 atom stereocenters. The van der Waals surface area contributed by atoms with Crippen molar-refractivity contribution in [1.29, 1.82) is 0 Å². The van der Waals surface area contributed by atoms with Gasteiger partial charge in [-0.25, -0.2) is 9.97 Å². The van der Waals surface area contributed by atoms with Crippen molar-refractivity contribution in [1.82, 2.24) is 29.6 Å². The van der Waals surface area contributed by atoms with Gasteiger partial charge in [-0.3, -0.25) is 4.79 Å². The van der Waals surface area contributed by atoms with E-state index in [1.54, 1.807) is 11.9 Å². The van der Waals surface area contributed by atoms with Gasteiger partial charge in [0.05, 0.1) is 6.54 Å². The lowest BCUT2D eigenvalue weighted by Gasteiger charge is -2.25. The third-order valence-corrected chi connectivity index (χ3v) is 4.54. The molecule has 1 aliphatic heterocycles. The summed E-state index contributed by atoms with van der Waals surface area (Å²) in [5.74, 6) is 1.86. The summed E-state index contributed by atoms with van der Waals surface area (Å²) < 4.78 is 1.89. The van der Waals surface area contributed by atoms with Gasteiger partial charge in [-0.15, -0.1) is 10.2 Å². The number of anilines is 1. The Labute approximate surface area is 151 Å². The largest absolute Gasteiger partial charge is 0.352 e. The molecule has 4 rings (SSSR count). The van der Waals surface area contributed by atoms with Gasteiger partial charge in [0.15, 0.2) is 5.82 Å². The standard InChI is InChI=1S/C18H19N7O/c1-23-8-9-25-15(21-22-17(25)18(23)26)11-24(2)16-14(10-19-12-20-16)13-6-4-3-5-7-13/h3-7,10,12H,8-9,11H2,1-2H3. The second-order valence-corrected chi connectivity index (χ2v) is 6.30. The summed E-state index contributed by atoms with van der Waals surface area (Å²) in [6.07, 6.45) is 3.35. The van der Waals surface area contributed by atoms with E-state index in [2.05, 4.69) is 20.2 Å². The van der Waals surface area contributed by atoms with Gasteiger partial charge in [-0.05, 0) is 5.56 Å². The Hall–Kier alpha value is -3.29. The van der Waals surface area contributed by atoms with Gasteiger partial charge >= 0.3 is 0 Å². The van der Waals surface area contributed by atoms with Crippen LogP contribution >= 0.6 is 0 Å². The third-order valence-electron chi connectivity index (χ3n) is 4.54. The molecule has 0 radical (unpaired) electrons. The number of hydrogen-bond donors (Lipinski definition) is 0. The third kappa shape index (κ3) is 2.79. The van der Waals surface area contributed by atoms with Crippen molar-refractivity contribution in [3.8, 4) is 11.1 Å². The Morgan fingerprint density at radius 2 is 1.96 bits per heavy atom. The summed E-state index contributed by atoms with van der Waals surface area (Å²) in [6.45, 7) is 1.85. The van der Waals surface area contributed by atoms with Crippen LogP contribution in [0.1, 0.15) is 16.4 Å². The van der Waals surface area contributed by atoms with Crippen molar-refractivity contribution in [2.24, 2.45) is 0 Å². The molecule has 1 aromatic carbocycles. The van der Waals surface area contributed by atoms with Crippen LogP contribution in [0.25, 0.3) is 11.1 Å². The van der Waals surface area contributed by atoms with Gasteiger partial charge in [-0.1, -0.05) is 30.3 Å². The molecule has 8 nitrogen and oxygen atoms in total. The van der Waals surface area contributed by atoms with E-state index in [4.69, 9.17) is 0 Å². The van der Waals surface area contributed by atoms with Crippen LogP contribution in [0.3, 0.4) is 0 Å². The van der Waals surface area contributed by atoms with Crippen LogP contribution in [0.2, 0.25) is 0 Å². The quantitative estimate of drug-likeness (QED) is 0.709. The minimum Gasteiger partial charge on any atom is -0.352 e. The SMILES string of the molecule is CN1CCn2c(CN(C)c3ncncc3-c3ccccc3)nnc2C1=O. The summed E-state index contributed by atoms with van der Waals surface area (Å²) >= 11 is 0. The molecule has 0 spiro atoms. The highest BCUT2D eigenvalue weighted by molar-refractivity contribution is 5.91. The molecule has 1 amide bonds. The molecule has 0 N–H and O–H groups in total. The molecule has 0 saturated carbocycles. The number of likely N-dealkylation sites (N-methyl/N-ethyl adjacent to an activating group) is 1. The van der Waals surface area contributed by atoms with Gasteiger partial charge in [0, 0.05) is 38.9 Å². The highest BCUT2D eigenvalue weighted by Crippen LogP contribution is 2.28. The number of hydrogen-bond acceptors (Lipinski definition) is 6. The van der Waals surface area contributed by atoms with E-state index in [9.17, 15) is 4.79 Å². The van der Waals surface area contributed by atoms with E-state index in [1.165, 1.54) is 6.33 Å². The number of benzene rings is 1. The van der Waals surface area contributed by atoms with Gasteiger partial charge in [0.1, 0.15) is 12.1 Å². The zero-order valence-electron chi connectivity index (χ0n) is 14.7. The molecule has 3 aromatic rings. The first-order valence-electron chi connectivity index (χ1n) is 8.39. The highest BCUT2D eigenvalue weighted by atomic mass is 16.2. The van der Waals surface area contributed by atoms with E-state index >= 15 is 0 Å². The Morgan fingerprint density at radius 1 is 1.15 bits per heavy atom. The van der Waals surface area contributed by atoms with E-state index in [-0.39, 0.29) is 5.91 Å². The van der Waals surface area contributed by atoms with Crippen LogP contribution in [-0.2, 0) is 13.1 Å². The number of amides is 1. The predicted molar refractivity (Wildman–Crippen MR) is 96.6 cm³/mol. The molecule has 0 bridgehead atoms. The lowest BCUT2D eigenvalue weighted by atomic mass is 10.1. The number of aromatic nitrogens is 5. The average Bonchev–Trinajstić information content (AvgIpc) is 3.09. The van der Waals surface area contributed by atoms with Crippen molar-refractivity contribution in [2.45, 2.75) is 13.1 Å². The normalized spacial score (nSPS) is 13.6. The molecular weight excluding hydrogens is 330 g/mol. The zero-order chi connectivity index (χ0) is 18.1. The molecule has 132 valence electrons. The monoisotopic (exact) mass is 349 g/mol. The molecular formula is C18H19N7O. The fraction of sp³-hybridized carbons (Fsp3) is 0.278. The molecule has 2 aromatic heterocycles.